The van der Waals surface area contributed by atoms with Crippen LogP contribution in [0.25, 0.3) is 0 Å². The van der Waals surface area contributed by atoms with E-state index in [2.05, 4.69) is 28.3 Å². The van der Waals surface area contributed by atoms with E-state index >= 15 is 0 Å². The first-order valence-corrected chi connectivity index (χ1v) is 6.69. The second-order valence-electron chi connectivity index (χ2n) is 3.81. The number of aryl methyl sites for hydroxylation is 1. The van der Waals surface area contributed by atoms with Crippen molar-refractivity contribution >= 4 is 17.6 Å². The average molecular weight is 223 g/mol. The van der Waals surface area contributed by atoms with E-state index in [1.54, 1.807) is 6.33 Å². The Bertz CT molecular complexity index is 310. The van der Waals surface area contributed by atoms with Crippen LogP contribution in [0.5, 0.6) is 0 Å². The average Bonchev–Trinajstić information content (AvgIpc) is 2.31. The Labute approximate surface area is 95.1 Å². The molecule has 1 aliphatic heterocycles. The molecule has 0 spiro atoms. The molecule has 0 bridgehead atoms. The molecule has 1 unspecified atom stereocenters. The van der Waals surface area contributed by atoms with E-state index in [1.807, 2.05) is 11.8 Å². The molecular weight excluding hydrogens is 206 g/mol. The Morgan fingerprint density at radius 3 is 3.20 bits per heavy atom. The SMILES string of the molecule is CCc1cc(NC2CCCSC2)ncn1. The van der Waals surface area contributed by atoms with E-state index < -0.39 is 0 Å². The predicted molar refractivity (Wildman–Crippen MR) is 65.4 cm³/mol. The lowest BCUT2D eigenvalue weighted by Crippen LogP contribution is -2.26. The van der Waals surface area contributed by atoms with Crippen LogP contribution in [0.4, 0.5) is 5.82 Å². The Balaban J connectivity index is 1.96. The minimum absolute atomic E-state index is 0.586. The summed E-state index contributed by atoms with van der Waals surface area (Å²) in [7, 11) is 0. The van der Waals surface area contributed by atoms with E-state index in [4.69, 9.17) is 0 Å². The lowest BCUT2D eigenvalue weighted by atomic mass is 10.2. The molecule has 1 aromatic heterocycles. The monoisotopic (exact) mass is 223 g/mol. The molecule has 1 fully saturated rings. The first-order valence-electron chi connectivity index (χ1n) is 5.53. The van der Waals surface area contributed by atoms with Gasteiger partial charge in [0.25, 0.3) is 0 Å². The van der Waals surface area contributed by atoms with Crippen LogP contribution in [-0.4, -0.2) is 27.5 Å². The van der Waals surface area contributed by atoms with Gasteiger partial charge in [-0.3, -0.25) is 0 Å². The summed E-state index contributed by atoms with van der Waals surface area (Å²) in [5.74, 6) is 3.49. The van der Waals surface area contributed by atoms with E-state index in [-0.39, 0.29) is 0 Å². The van der Waals surface area contributed by atoms with Gasteiger partial charge in [0.2, 0.25) is 0 Å². The fraction of sp³-hybridized carbons (Fsp3) is 0.636. The van der Waals surface area contributed by atoms with Crippen molar-refractivity contribution in [1.29, 1.82) is 0 Å². The third kappa shape index (κ3) is 3.09. The van der Waals surface area contributed by atoms with Crippen molar-refractivity contribution in [3.63, 3.8) is 0 Å². The zero-order valence-electron chi connectivity index (χ0n) is 9.07. The van der Waals surface area contributed by atoms with Gasteiger partial charge in [-0.25, -0.2) is 9.97 Å². The second kappa shape index (κ2) is 5.35. The molecule has 2 heterocycles. The summed E-state index contributed by atoms with van der Waals surface area (Å²) in [6, 6.07) is 2.64. The molecule has 1 aliphatic rings. The first kappa shape index (κ1) is 10.7. The van der Waals surface area contributed by atoms with Crippen molar-refractivity contribution < 1.29 is 0 Å². The lowest BCUT2D eigenvalue weighted by Gasteiger charge is -2.22. The Hall–Kier alpha value is -0.770. The minimum atomic E-state index is 0.586. The van der Waals surface area contributed by atoms with Crippen molar-refractivity contribution in [2.24, 2.45) is 0 Å². The summed E-state index contributed by atoms with van der Waals surface area (Å²) in [6.45, 7) is 2.11. The lowest BCUT2D eigenvalue weighted by molar-refractivity contribution is 0.681. The van der Waals surface area contributed by atoms with Gasteiger partial charge >= 0.3 is 0 Å². The van der Waals surface area contributed by atoms with E-state index in [1.165, 1.54) is 24.3 Å². The summed E-state index contributed by atoms with van der Waals surface area (Å²) in [6.07, 6.45) is 5.19. The Kier molecular flexibility index (Phi) is 3.83. The highest BCUT2D eigenvalue weighted by Crippen LogP contribution is 2.20. The molecule has 1 atom stereocenters. The van der Waals surface area contributed by atoms with Gasteiger partial charge in [0.15, 0.2) is 0 Å². The molecule has 15 heavy (non-hydrogen) atoms. The Morgan fingerprint density at radius 2 is 2.47 bits per heavy atom. The number of anilines is 1. The van der Waals surface area contributed by atoms with Crippen LogP contribution in [0.3, 0.4) is 0 Å². The summed E-state index contributed by atoms with van der Waals surface area (Å²) >= 11 is 2.03. The van der Waals surface area contributed by atoms with Gasteiger partial charge in [0.1, 0.15) is 12.1 Å². The van der Waals surface area contributed by atoms with Gasteiger partial charge in [-0.2, -0.15) is 11.8 Å². The minimum Gasteiger partial charge on any atom is -0.366 e. The largest absolute Gasteiger partial charge is 0.366 e. The number of thioether (sulfide) groups is 1. The fourth-order valence-corrected chi connectivity index (χ4v) is 2.81. The standard InChI is InChI=1S/C11H17N3S/c1-2-9-6-11(13-8-12-9)14-10-4-3-5-15-7-10/h6,8,10H,2-5,7H2,1H3,(H,12,13,14). The quantitative estimate of drug-likeness (QED) is 0.853. The smallest absolute Gasteiger partial charge is 0.129 e. The van der Waals surface area contributed by atoms with Crippen molar-refractivity contribution in [2.45, 2.75) is 32.2 Å². The number of hydrogen-bond acceptors (Lipinski definition) is 4. The highest BCUT2D eigenvalue weighted by atomic mass is 32.2. The molecule has 0 aliphatic carbocycles. The number of aromatic nitrogens is 2. The normalized spacial score (nSPS) is 21.3. The number of hydrogen-bond donors (Lipinski definition) is 1. The highest BCUT2D eigenvalue weighted by Gasteiger charge is 2.13. The molecule has 4 heteroatoms. The van der Waals surface area contributed by atoms with Crippen LogP contribution in [0.1, 0.15) is 25.5 Å². The van der Waals surface area contributed by atoms with Crippen LogP contribution in [0, 0.1) is 0 Å². The molecule has 0 amide bonds. The van der Waals surface area contributed by atoms with Crippen LogP contribution in [0.15, 0.2) is 12.4 Å². The summed E-state index contributed by atoms with van der Waals surface area (Å²) in [5, 5.41) is 3.48. The third-order valence-corrected chi connectivity index (χ3v) is 3.81. The van der Waals surface area contributed by atoms with E-state index in [9.17, 15) is 0 Å². The van der Waals surface area contributed by atoms with Crippen molar-refractivity contribution in [3.05, 3.63) is 18.1 Å². The highest BCUT2D eigenvalue weighted by molar-refractivity contribution is 7.99. The van der Waals surface area contributed by atoms with Crippen molar-refractivity contribution in [1.82, 2.24) is 9.97 Å². The molecule has 82 valence electrons. The Morgan fingerprint density at radius 1 is 1.53 bits per heavy atom. The number of nitrogens with zero attached hydrogens (tertiary/aromatic N) is 2. The van der Waals surface area contributed by atoms with E-state index in [0.717, 1.165) is 17.9 Å². The van der Waals surface area contributed by atoms with Gasteiger partial charge in [0, 0.05) is 23.6 Å². The van der Waals surface area contributed by atoms with Crippen molar-refractivity contribution in [2.75, 3.05) is 16.8 Å². The molecule has 2 rings (SSSR count). The molecule has 0 saturated carbocycles. The van der Waals surface area contributed by atoms with Crippen molar-refractivity contribution in [3.8, 4) is 0 Å². The summed E-state index contributed by atoms with van der Waals surface area (Å²) in [4.78, 5) is 8.44. The maximum Gasteiger partial charge on any atom is 0.129 e. The molecule has 1 saturated heterocycles. The molecule has 3 nitrogen and oxygen atoms in total. The summed E-state index contributed by atoms with van der Waals surface area (Å²) < 4.78 is 0. The van der Waals surface area contributed by atoms with Gasteiger partial charge in [-0.15, -0.1) is 0 Å². The van der Waals surface area contributed by atoms with Crippen LogP contribution < -0.4 is 5.32 Å². The summed E-state index contributed by atoms with van der Waals surface area (Å²) in [5.41, 5.74) is 1.11. The maximum atomic E-state index is 4.25. The zero-order valence-corrected chi connectivity index (χ0v) is 9.89. The second-order valence-corrected chi connectivity index (χ2v) is 4.96. The van der Waals surface area contributed by atoms with Gasteiger partial charge in [-0.05, 0) is 25.0 Å². The zero-order chi connectivity index (χ0) is 10.5. The number of nitrogens with one attached hydrogen (secondary N) is 1. The number of rotatable bonds is 3. The van der Waals surface area contributed by atoms with Gasteiger partial charge in [0.05, 0.1) is 0 Å². The molecule has 1 aromatic rings. The van der Waals surface area contributed by atoms with Crippen LogP contribution in [-0.2, 0) is 6.42 Å². The maximum absolute atomic E-state index is 4.25. The molecule has 1 N–H and O–H groups in total. The third-order valence-electron chi connectivity index (χ3n) is 2.60. The fourth-order valence-electron chi connectivity index (χ4n) is 1.73. The molecular formula is C11H17N3S. The van der Waals surface area contributed by atoms with Crippen LogP contribution in [0.2, 0.25) is 0 Å². The van der Waals surface area contributed by atoms with Gasteiger partial charge in [-0.1, -0.05) is 6.92 Å². The van der Waals surface area contributed by atoms with E-state index in [0.29, 0.717) is 6.04 Å². The predicted octanol–water partition coefficient (Wildman–Crippen LogP) is 2.35. The topological polar surface area (TPSA) is 37.8 Å². The van der Waals surface area contributed by atoms with Crippen LogP contribution >= 0.6 is 11.8 Å². The first-order chi connectivity index (χ1) is 7.38. The molecule has 0 radical (unpaired) electrons. The van der Waals surface area contributed by atoms with Gasteiger partial charge < -0.3 is 5.32 Å². The molecule has 0 aromatic carbocycles.